The summed E-state index contributed by atoms with van der Waals surface area (Å²) >= 11 is 0. The smallest absolute Gasteiger partial charge is 0.261 e. The fourth-order valence-corrected chi connectivity index (χ4v) is 4.10. The summed E-state index contributed by atoms with van der Waals surface area (Å²) in [6.45, 7) is 3.35. The van der Waals surface area contributed by atoms with Crippen LogP contribution in [0.1, 0.15) is 22.5 Å². The van der Waals surface area contributed by atoms with E-state index < -0.39 is 0 Å². The van der Waals surface area contributed by atoms with Crippen molar-refractivity contribution < 1.29 is 13.6 Å². The average Bonchev–Trinajstić information content (AvgIpc) is 3.41. The van der Waals surface area contributed by atoms with Gasteiger partial charge in [-0.3, -0.25) is 4.79 Å². The number of aromatic nitrogens is 2. The van der Waals surface area contributed by atoms with Crippen LogP contribution in [0.5, 0.6) is 0 Å². The molecule has 1 aromatic heterocycles. The zero-order chi connectivity index (χ0) is 23.0. The minimum atomic E-state index is -0.347. The largest absolute Gasteiger partial charge is 0.368 e. The van der Waals surface area contributed by atoms with Gasteiger partial charge in [-0.1, -0.05) is 0 Å². The molecular formula is C24H27F2N5O. The lowest BCUT2D eigenvalue weighted by Crippen LogP contribution is -2.31. The number of rotatable bonds is 5. The van der Waals surface area contributed by atoms with Crippen LogP contribution in [0.3, 0.4) is 0 Å². The third-order valence-corrected chi connectivity index (χ3v) is 6.17. The van der Waals surface area contributed by atoms with E-state index in [0.717, 1.165) is 19.5 Å². The highest BCUT2D eigenvalue weighted by atomic mass is 19.1. The monoisotopic (exact) mass is 439 g/mol. The van der Waals surface area contributed by atoms with E-state index in [2.05, 4.69) is 10.00 Å². The molecule has 0 N–H and O–H groups in total. The SMILES string of the molecule is Cc1c(C(=O)N(C)c2ccc(N3CCC(N(C)C)C3)c(F)c2)cnn1-c1ccc(F)cc1. The molecule has 2 aromatic carbocycles. The Bertz CT molecular complexity index is 1130. The maximum atomic E-state index is 15.0. The predicted molar refractivity (Wildman–Crippen MR) is 122 cm³/mol. The maximum absolute atomic E-state index is 15.0. The van der Waals surface area contributed by atoms with Crippen molar-refractivity contribution in [1.82, 2.24) is 14.7 Å². The van der Waals surface area contributed by atoms with Crippen molar-refractivity contribution in [3.63, 3.8) is 0 Å². The molecule has 0 saturated carbocycles. The molecule has 1 aliphatic rings. The van der Waals surface area contributed by atoms with Crippen molar-refractivity contribution in [3.8, 4) is 5.69 Å². The summed E-state index contributed by atoms with van der Waals surface area (Å²) in [7, 11) is 5.69. The summed E-state index contributed by atoms with van der Waals surface area (Å²) < 4.78 is 29.8. The fourth-order valence-electron chi connectivity index (χ4n) is 4.10. The number of halogens is 2. The first-order valence-electron chi connectivity index (χ1n) is 10.6. The fraction of sp³-hybridized carbons (Fsp3) is 0.333. The molecule has 0 bridgehead atoms. The van der Waals surface area contributed by atoms with E-state index in [1.165, 1.54) is 29.3 Å². The Kier molecular flexibility index (Phi) is 5.97. The van der Waals surface area contributed by atoms with Crippen molar-refractivity contribution in [3.05, 3.63) is 71.6 Å². The highest BCUT2D eigenvalue weighted by molar-refractivity contribution is 6.06. The Labute approximate surface area is 186 Å². The lowest BCUT2D eigenvalue weighted by Gasteiger charge is -2.23. The van der Waals surface area contributed by atoms with Gasteiger partial charge >= 0.3 is 0 Å². The van der Waals surface area contributed by atoms with Crippen molar-refractivity contribution in [1.29, 1.82) is 0 Å². The number of nitrogens with zero attached hydrogens (tertiary/aromatic N) is 5. The van der Waals surface area contributed by atoms with E-state index in [1.807, 2.05) is 19.0 Å². The highest BCUT2D eigenvalue weighted by Crippen LogP contribution is 2.29. The second-order valence-electron chi connectivity index (χ2n) is 8.38. The van der Waals surface area contributed by atoms with Crippen LogP contribution in [-0.4, -0.2) is 60.9 Å². The first-order valence-corrected chi connectivity index (χ1v) is 10.6. The van der Waals surface area contributed by atoms with Crippen LogP contribution in [0, 0.1) is 18.6 Å². The van der Waals surface area contributed by atoms with E-state index in [1.54, 1.807) is 42.9 Å². The number of likely N-dealkylation sites (N-methyl/N-ethyl adjacent to an activating group) is 1. The van der Waals surface area contributed by atoms with E-state index in [0.29, 0.717) is 34.4 Å². The van der Waals surface area contributed by atoms with Crippen LogP contribution in [0.15, 0.2) is 48.7 Å². The van der Waals surface area contributed by atoms with Gasteiger partial charge in [0.1, 0.15) is 11.6 Å². The van der Waals surface area contributed by atoms with Crippen LogP contribution in [0.25, 0.3) is 5.69 Å². The molecular weight excluding hydrogens is 412 g/mol. The molecule has 0 aliphatic carbocycles. The lowest BCUT2D eigenvalue weighted by atomic mass is 10.2. The number of amides is 1. The van der Waals surface area contributed by atoms with Gasteiger partial charge in [-0.05, 0) is 69.9 Å². The molecule has 4 rings (SSSR count). The van der Waals surface area contributed by atoms with Gasteiger partial charge < -0.3 is 14.7 Å². The van der Waals surface area contributed by atoms with Gasteiger partial charge in [0.25, 0.3) is 5.91 Å². The minimum absolute atomic E-state index is 0.295. The van der Waals surface area contributed by atoms with Gasteiger partial charge in [0.05, 0.1) is 28.8 Å². The third-order valence-electron chi connectivity index (χ3n) is 6.17. The summed E-state index contributed by atoms with van der Waals surface area (Å²) in [4.78, 5) is 18.7. The van der Waals surface area contributed by atoms with Gasteiger partial charge in [-0.15, -0.1) is 0 Å². The summed E-state index contributed by atoms with van der Waals surface area (Å²) in [5.74, 6) is -0.983. The standard InChI is InChI=1S/C24H27F2N5O/c1-16-21(14-27-31(16)18-7-5-17(25)6-8-18)24(32)29(4)19-9-10-23(22(26)13-19)30-12-11-20(15-30)28(2)3/h5-10,13-14,20H,11-12,15H2,1-4H3. The Morgan fingerprint density at radius 3 is 2.44 bits per heavy atom. The van der Waals surface area contributed by atoms with E-state index in [9.17, 15) is 13.6 Å². The van der Waals surface area contributed by atoms with Crippen LogP contribution < -0.4 is 9.80 Å². The van der Waals surface area contributed by atoms with E-state index >= 15 is 0 Å². The molecule has 1 saturated heterocycles. The zero-order valence-corrected chi connectivity index (χ0v) is 18.7. The van der Waals surface area contributed by atoms with Gasteiger partial charge in [-0.2, -0.15) is 5.10 Å². The van der Waals surface area contributed by atoms with Crippen molar-refractivity contribution in [2.24, 2.45) is 0 Å². The average molecular weight is 440 g/mol. The van der Waals surface area contributed by atoms with Gasteiger partial charge in [0.2, 0.25) is 0 Å². The first kappa shape index (κ1) is 22.0. The zero-order valence-electron chi connectivity index (χ0n) is 18.7. The quantitative estimate of drug-likeness (QED) is 0.605. The summed E-state index contributed by atoms with van der Waals surface area (Å²) in [5, 5.41) is 4.28. The molecule has 1 unspecified atom stereocenters. The van der Waals surface area contributed by atoms with Crippen LogP contribution in [0.4, 0.5) is 20.2 Å². The van der Waals surface area contributed by atoms with Crippen LogP contribution >= 0.6 is 0 Å². The molecule has 0 radical (unpaired) electrons. The van der Waals surface area contributed by atoms with E-state index in [4.69, 9.17) is 0 Å². The molecule has 168 valence electrons. The molecule has 1 atom stereocenters. The van der Waals surface area contributed by atoms with Gasteiger partial charge in [-0.25, -0.2) is 13.5 Å². The topological polar surface area (TPSA) is 44.6 Å². The number of anilines is 2. The first-order chi connectivity index (χ1) is 15.3. The Morgan fingerprint density at radius 1 is 1.09 bits per heavy atom. The molecule has 6 nitrogen and oxygen atoms in total. The summed E-state index contributed by atoms with van der Waals surface area (Å²) in [5.41, 5.74) is 2.70. The summed E-state index contributed by atoms with van der Waals surface area (Å²) in [6, 6.07) is 11.2. The summed E-state index contributed by atoms with van der Waals surface area (Å²) in [6.07, 6.45) is 2.47. The van der Waals surface area contributed by atoms with E-state index in [-0.39, 0.29) is 17.5 Å². The second-order valence-corrected chi connectivity index (χ2v) is 8.38. The van der Waals surface area contributed by atoms with Gasteiger partial charge in [0.15, 0.2) is 0 Å². The van der Waals surface area contributed by atoms with Crippen molar-refractivity contribution in [2.75, 3.05) is 44.0 Å². The Balaban J connectivity index is 1.53. The number of hydrogen-bond donors (Lipinski definition) is 0. The second kappa shape index (κ2) is 8.70. The lowest BCUT2D eigenvalue weighted by molar-refractivity contribution is 0.0992. The van der Waals surface area contributed by atoms with Crippen molar-refractivity contribution in [2.45, 2.75) is 19.4 Å². The minimum Gasteiger partial charge on any atom is -0.368 e. The molecule has 8 heteroatoms. The van der Waals surface area contributed by atoms with Crippen LogP contribution in [0.2, 0.25) is 0 Å². The molecule has 2 heterocycles. The number of hydrogen-bond acceptors (Lipinski definition) is 4. The predicted octanol–water partition coefficient (Wildman–Crippen LogP) is 3.88. The number of benzene rings is 2. The molecule has 1 aliphatic heterocycles. The molecule has 0 spiro atoms. The molecule has 32 heavy (non-hydrogen) atoms. The third kappa shape index (κ3) is 4.10. The van der Waals surface area contributed by atoms with Crippen LogP contribution in [-0.2, 0) is 0 Å². The molecule has 3 aromatic rings. The number of carbonyl (C=O) groups excluding carboxylic acids is 1. The Morgan fingerprint density at radius 2 is 1.81 bits per heavy atom. The maximum Gasteiger partial charge on any atom is 0.261 e. The van der Waals surface area contributed by atoms with Crippen molar-refractivity contribution >= 4 is 17.3 Å². The molecule has 1 fully saturated rings. The molecule has 1 amide bonds. The van der Waals surface area contributed by atoms with Gasteiger partial charge in [0, 0.05) is 31.9 Å². The Hall–Kier alpha value is -3.26. The normalized spacial score (nSPS) is 16.1. The highest BCUT2D eigenvalue weighted by Gasteiger charge is 2.27. The number of carbonyl (C=O) groups is 1.